The maximum atomic E-state index is 13.9. The van der Waals surface area contributed by atoms with Gasteiger partial charge in [0.1, 0.15) is 18.0 Å². The maximum absolute atomic E-state index is 13.9. The SMILES string of the molecule is O=[N+]([O-])c1cc2c(Nc3cnc(NCc4ccccn4)c(Cl)c3)ncnc2cc1F. The third-order valence-corrected chi connectivity index (χ3v) is 4.46. The van der Waals surface area contributed by atoms with Gasteiger partial charge in [0, 0.05) is 18.3 Å². The molecule has 3 aromatic heterocycles. The van der Waals surface area contributed by atoms with Crippen molar-refractivity contribution in [2.45, 2.75) is 6.54 Å². The van der Waals surface area contributed by atoms with E-state index in [4.69, 9.17) is 11.6 Å². The molecular formula is C19H13ClFN7O2. The molecule has 0 fully saturated rings. The van der Waals surface area contributed by atoms with Gasteiger partial charge in [-0.05, 0) is 18.2 Å². The van der Waals surface area contributed by atoms with Gasteiger partial charge in [0.25, 0.3) is 0 Å². The Labute approximate surface area is 174 Å². The molecule has 4 aromatic rings. The molecule has 2 N–H and O–H groups in total. The topological polar surface area (TPSA) is 119 Å². The van der Waals surface area contributed by atoms with Crippen LogP contribution in [0.5, 0.6) is 0 Å². The van der Waals surface area contributed by atoms with Crippen LogP contribution in [0.1, 0.15) is 5.69 Å². The van der Waals surface area contributed by atoms with Crippen LogP contribution >= 0.6 is 11.6 Å². The number of nitro benzene ring substituents is 1. The number of hydrogen-bond donors (Lipinski definition) is 2. The number of nitrogens with one attached hydrogen (secondary N) is 2. The monoisotopic (exact) mass is 425 g/mol. The zero-order chi connectivity index (χ0) is 21.1. The van der Waals surface area contributed by atoms with Crippen LogP contribution in [0, 0.1) is 15.9 Å². The van der Waals surface area contributed by atoms with E-state index in [1.165, 1.54) is 12.5 Å². The summed E-state index contributed by atoms with van der Waals surface area (Å²) in [4.78, 5) is 26.8. The van der Waals surface area contributed by atoms with Crippen molar-refractivity contribution in [1.29, 1.82) is 0 Å². The smallest absolute Gasteiger partial charge is 0.305 e. The second kappa shape index (κ2) is 8.21. The third-order valence-electron chi connectivity index (χ3n) is 4.17. The van der Waals surface area contributed by atoms with Crippen LogP contribution in [0.4, 0.5) is 27.4 Å². The highest BCUT2D eigenvalue weighted by molar-refractivity contribution is 6.33. The number of nitrogens with zero attached hydrogens (tertiary/aromatic N) is 5. The molecule has 0 saturated carbocycles. The number of halogens is 2. The fourth-order valence-electron chi connectivity index (χ4n) is 2.76. The quantitative estimate of drug-likeness (QED) is 0.343. The highest BCUT2D eigenvalue weighted by Gasteiger charge is 2.18. The fraction of sp³-hybridized carbons (Fsp3) is 0.0526. The Morgan fingerprint density at radius 3 is 2.70 bits per heavy atom. The first kappa shape index (κ1) is 19.4. The van der Waals surface area contributed by atoms with E-state index in [2.05, 4.69) is 30.6 Å². The Bertz CT molecular complexity index is 1240. The number of benzene rings is 1. The van der Waals surface area contributed by atoms with E-state index in [0.717, 1.165) is 17.8 Å². The average Bonchev–Trinajstić information content (AvgIpc) is 2.73. The normalized spacial score (nSPS) is 10.7. The van der Waals surface area contributed by atoms with Gasteiger partial charge in [-0.2, -0.15) is 4.39 Å². The molecule has 0 aliphatic heterocycles. The van der Waals surface area contributed by atoms with Crippen molar-refractivity contribution in [3.8, 4) is 0 Å². The lowest BCUT2D eigenvalue weighted by atomic mass is 10.2. The number of anilines is 3. The molecule has 0 spiro atoms. The summed E-state index contributed by atoms with van der Waals surface area (Å²) in [6, 6.07) is 9.30. The van der Waals surface area contributed by atoms with E-state index in [9.17, 15) is 14.5 Å². The standard InChI is InChI=1S/C19H13ClFN7O2/c20-14-5-12(9-24-19(14)23-8-11-3-1-2-4-22-11)27-18-13-6-17(28(29)30)15(21)7-16(13)25-10-26-18/h1-7,9-10H,8H2,(H,23,24)(H,25,26,27). The van der Waals surface area contributed by atoms with E-state index in [0.29, 0.717) is 28.5 Å². The van der Waals surface area contributed by atoms with Gasteiger partial charge in [-0.3, -0.25) is 15.1 Å². The van der Waals surface area contributed by atoms with E-state index < -0.39 is 16.4 Å². The Morgan fingerprint density at radius 2 is 1.97 bits per heavy atom. The molecule has 9 nitrogen and oxygen atoms in total. The molecule has 0 radical (unpaired) electrons. The van der Waals surface area contributed by atoms with E-state index in [1.54, 1.807) is 12.3 Å². The summed E-state index contributed by atoms with van der Waals surface area (Å²) in [7, 11) is 0. The van der Waals surface area contributed by atoms with Crippen LogP contribution in [-0.2, 0) is 6.54 Å². The molecule has 3 heterocycles. The van der Waals surface area contributed by atoms with E-state index >= 15 is 0 Å². The Kier molecular flexibility index (Phi) is 5.31. The summed E-state index contributed by atoms with van der Waals surface area (Å²) < 4.78 is 13.9. The summed E-state index contributed by atoms with van der Waals surface area (Å²) in [5, 5.41) is 17.8. The first-order valence-corrected chi connectivity index (χ1v) is 9.04. The van der Waals surface area contributed by atoms with Gasteiger partial charge in [-0.1, -0.05) is 17.7 Å². The molecule has 0 atom stereocenters. The molecule has 0 aliphatic rings. The van der Waals surface area contributed by atoms with Crippen LogP contribution in [-0.4, -0.2) is 24.9 Å². The van der Waals surface area contributed by atoms with Gasteiger partial charge in [-0.25, -0.2) is 15.0 Å². The molecule has 0 amide bonds. The number of nitro groups is 1. The van der Waals surface area contributed by atoms with E-state index in [1.807, 2.05) is 18.2 Å². The van der Waals surface area contributed by atoms with Crippen molar-refractivity contribution >= 4 is 45.5 Å². The molecular weight excluding hydrogens is 413 g/mol. The van der Waals surface area contributed by atoms with Gasteiger partial charge in [0.15, 0.2) is 0 Å². The van der Waals surface area contributed by atoms with Crippen molar-refractivity contribution in [3.63, 3.8) is 0 Å². The van der Waals surface area contributed by atoms with Gasteiger partial charge < -0.3 is 10.6 Å². The molecule has 4 rings (SSSR count). The summed E-state index contributed by atoms with van der Waals surface area (Å²) in [5.74, 6) is -0.238. The van der Waals surface area contributed by atoms with Crippen molar-refractivity contribution < 1.29 is 9.31 Å². The zero-order valence-electron chi connectivity index (χ0n) is 15.2. The van der Waals surface area contributed by atoms with Crippen molar-refractivity contribution in [2.24, 2.45) is 0 Å². The lowest BCUT2D eigenvalue weighted by Gasteiger charge is -2.11. The third kappa shape index (κ3) is 4.08. The van der Waals surface area contributed by atoms with Crippen LogP contribution in [0.25, 0.3) is 10.9 Å². The number of fused-ring (bicyclic) bond motifs is 1. The van der Waals surface area contributed by atoms with Crippen molar-refractivity contribution in [3.05, 3.63) is 81.8 Å². The minimum atomic E-state index is -0.967. The predicted octanol–water partition coefficient (Wildman–Crippen LogP) is 4.48. The number of hydrogen-bond acceptors (Lipinski definition) is 8. The van der Waals surface area contributed by atoms with Crippen LogP contribution in [0.15, 0.2) is 55.1 Å². The van der Waals surface area contributed by atoms with Crippen molar-refractivity contribution in [1.82, 2.24) is 19.9 Å². The van der Waals surface area contributed by atoms with Crippen LogP contribution in [0.2, 0.25) is 5.02 Å². The summed E-state index contributed by atoms with van der Waals surface area (Å²) in [6.45, 7) is 0.451. The Hall–Kier alpha value is -3.92. The molecule has 150 valence electrons. The first-order valence-electron chi connectivity index (χ1n) is 8.66. The molecule has 0 saturated heterocycles. The van der Waals surface area contributed by atoms with Gasteiger partial charge >= 0.3 is 5.69 Å². The number of rotatable bonds is 6. The number of aromatic nitrogens is 4. The van der Waals surface area contributed by atoms with E-state index in [-0.39, 0.29) is 11.3 Å². The average molecular weight is 426 g/mol. The lowest BCUT2D eigenvalue weighted by Crippen LogP contribution is -2.04. The number of pyridine rings is 2. The molecule has 30 heavy (non-hydrogen) atoms. The molecule has 1 aromatic carbocycles. The summed E-state index contributed by atoms with van der Waals surface area (Å²) in [5.41, 5.74) is 0.892. The second-order valence-electron chi connectivity index (χ2n) is 6.15. The zero-order valence-corrected chi connectivity index (χ0v) is 16.0. The minimum absolute atomic E-state index is 0.225. The second-order valence-corrected chi connectivity index (χ2v) is 6.56. The van der Waals surface area contributed by atoms with Crippen LogP contribution in [0.3, 0.4) is 0 Å². The Balaban J connectivity index is 1.58. The Morgan fingerprint density at radius 1 is 1.10 bits per heavy atom. The first-order chi connectivity index (χ1) is 14.5. The van der Waals surface area contributed by atoms with Gasteiger partial charge in [0.2, 0.25) is 5.82 Å². The minimum Gasteiger partial charge on any atom is -0.363 e. The highest BCUT2D eigenvalue weighted by atomic mass is 35.5. The van der Waals surface area contributed by atoms with Crippen LogP contribution < -0.4 is 10.6 Å². The molecule has 0 bridgehead atoms. The van der Waals surface area contributed by atoms with Gasteiger partial charge in [0.05, 0.1) is 45.0 Å². The fourth-order valence-corrected chi connectivity index (χ4v) is 2.99. The molecule has 0 unspecified atom stereocenters. The predicted molar refractivity (Wildman–Crippen MR) is 110 cm³/mol. The largest absolute Gasteiger partial charge is 0.363 e. The molecule has 11 heteroatoms. The summed E-state index contributed by atoms with van der Waals surface area (Å²) >= 11 is 6.31. The van der Waals surface area contributed by atoms with Crippen molar-refractivity contribution in [2.75, 3.05) is 10.6 Å². The highest BCUT2D eigenvalue weighted by Crippen LogP contribution is 2.30. The maximum Gasteiger partial charge on any atom is 0.305 e. The summed E-state index contributed by atoms with van der Waals surface area (Å²) in [6.07, 6.45) is 4.45. The van der Waals surface area contributed by atoms with Gasteiger partial charge in [-0.15, -0.1) is 0 Å². The molecule has 0 aliphatic carbocycles. The lowest BCUT2D eigenvalue weighted by molar-refractivity contribution is -0.387.